The van der Waals surface area contributed by atoms with Crippen molar-refractivity contribution in [2.75, 3.05) is 13.7 Å². The molecule has 2 atom stereocenters. The van der Waals surface area contributed by atoms with E-state index < -0.39 is 0 Å². The van der Waals surface area contributed by atoms with Crippen molar-refractivity contribution in [3.63, 3.8) is 0 Å². The zero-order chi connectivity index (χ0) is 14.7. The van der Waals surface area contributed by atoms with Gasteiger partial charge < -0.3 is 15.6 Å². The van der Waals surface area contributed by atoms with Crippen LogP contribution in [0.2, 0.25) is 0 Å². The molecule has 0 saturated carbocycles. The average Bonchev–Trinajstić information content (AvgIpc) is 2.41. The van der Waals surface area contributed by atoms with Crippen LogP contribution in [0.4, 0.5) is 0 Å². The molecule has 3 nitrogen and oxygen atoms in total. The van der Waals surface area contributed by atoms with Gasteiger partial charge in [0.2, 0.25) is 0 Å². The number of ether oxygens (including phenoxy) is 1. The lowest BCUT2D eigenvalue weighted by molar-refractivity contribution is 0.199. The number of rotatable bonds is 5. The van der Waals surface area contributed by atoms with Crippen molar-refractivity contribution in [3.8, 4) is 5.75 Å². The van der Waals surface area contributed by atoms with Crippen LogP contribution in [-0.2, 0) is 0 Å². The summed E-state index contributed by atoms with van der Waals surface area (Å²) in [5.41, 5.74) is 10.7. The number of halogens is 1. The third-order valence-electron chi connectivity index (χ3n) is 4.01. The Bertz CT molecular complexity index is 456. The highest BCUT2D eigenvalue weighted by atomic mass is 79.9. The van der Waals surface area contributed by atoms with E-state index in [2.05, 4.69) is 22.9 Å². The standard InChI is InChI=1S/C15H24BrNO2/c1-6-11(7-18)14(17)12-10(4)13(16)8(2)9(3)15(12)19-5/h11,14,18H,6-7,17H2,1-5H3. The predicted molar refractivity (Wildman–Crippen MR) is 82.7 cm³/mol. The second-order valence-corrected chi connectivity index (χ2v) is 5.81. The summed E-state index contributed by atoms with van der Waals surface area (Å²) in [5.74, 6) is 0.888. The van der Waals surface area contributed by atoms with E-state index in [1.165, 1.54) is 5.56 Å². The predicted octanol–water partition coefficient (Wildman–Crippen LogP) is 3.40. The molecular formula is C15H24BrNO2. The number of hydrogen-bond donors (Lipinski definition) is 2. The first-order valence-electron chi connectivity index (χ1n) is 6.60. The Labute approximate surface area is 124 Å². The minimum atomic E-state index is -0.222. The van der Waals surface area contributed by atoms with Crippen LogP contribution in [0.3, 0.4) is 0 Å². The number of nitrogens with two attached hydrogens (primary N) is 1. The normalized spacial score (nSPS) is 14.3. The highest BCUT2D eigenvalue weighted by molar-refractivity contribution is 9.10. The largest absolute Gasteiger partial charge is 0.496 e. The maximum atomic E-state index is 9.47. The summed E-state index contributed by atoms with van der Waals surface area (Å²) in [7, 11) is 1.67. The second kappa shape index (κ2) is 6.73. The molecule has 3 N–H and O–H groups in total. The first-order chi connectivity index (χ1) is 8.90. The monoisotopic (exact) mass is 329 g/mol. The summed E-state index contributed by atoms with van der Waals surface area (Å²) in [6.07, 6.45) is 0.838. The summed E-state index contributed by atoms with van der Waals surface area (Å²) >= 11 is 3.63. The lowest BCUT2D eigenvalue weighted by atomic mass is 9.86. The van der Waals surface area contributed by atoms with Crippen LogP contribution in [-0.4, -0.2) is 18.8 Å². The van der Waals surface area contributed by atoms with E-state index in [-0.39, 0.29) is 18.6 Å². The van der Waals surface area contributed by atoms with Gasteiger partial charge in [0.05, 0.1) is 7.11 Å². The Morgan fingerprint density at radius 2 is 1.79 bits per heavy atom. The number of benzene rings is 1. The third kappa shape index (κ3) is 2.96. The molecule has 0 aromatic heterocycles. The maximum absolute atomic E-state index is 9.47. The van der Waals surface area contributed by atoms with Crippen LogP contribution in [0.1, 0.15) is 41.6 Å². The van der Waals surface area contributed by atoms with Gasteiger partial charge in [0, 0.05) is 28.6 Å². The molecule has 0 saturated heterocycles. The van der Waals surface area contributed by atoms with Gasteiger partial charge in [0.1, 0.15) is 5.75 Å². The number of aliphatic hydroxyl groups is 1. The molecule has 4 heteroatoms. The minimum Gasteiger partial charge on any atom is -0.496 e. The van der Waals surface area contributed by atoms with Gasteiger partial charge in [-0.1, -0.05) is 22.9 Å². The molecule has 0 aliphatic rings. The van der Waals surface area contributed by atoms with Crippen LogP contribution >= 0.6 is 15.9 Å². The molecule has 0 spiro atoms. The van der Waals surface area contributed by atoms with E-state index in [1.807, 2.05) is 20.8 Å². The topological polar surface area (TPSA) is 55.5 Å². The quantitative estimate of drug-likeness (QED) is 0.870. The maximum Gasteiger partial charge on any atom is 0.127 e. The van der Waals surface area contributed by atoms with Crippen molar-refractivity contribution in [3.05, 3.63) is 26.7 Å². The number of methoxy groups -OCH3 is 1. The van der Waals surface area contributed by atoms with Crippen LogP contribution < -0.4 is 10.5 Å². The zero-order valence-electron chi connectivity index (χ0n) is 12.4. The minimum absolute atomic E-state index is 0.0432. The van der Waals surface area contributed by atoms with Gasteiger partial charge in [-0.25, -0.2) is 0 Å². The highest BCUT2D eigenvalue weighted by Gasteiger charge is 2.26. The molecule has 0 aliphatic heterocycles. The Morgan fingerprint density at radius 3 is 2.21 bits per heavy atom. The molecule has 1 aromatic rings. The van der Waals surface area contributed by atoms with E-state index in [4.69, 9.17) is 10.5 Å². The SMILES string of the molecule is CCC(CO)C(N)c1c(C)c(Br)c(C)c(C)c1OC. The van der Waals surface area contributed by atoms with Gasteiger partial charge in [-0.05, 0) is 43.9 Å². The van der Waals surface area contributed by atoms with Crippen molar-refractivity contribution in [1.29, 1.82) is 0 Å². The van der Waals surface area contributed by atoms with Crippen molar-refractivity contribution in [2.45, 2.75) is 40.2 Å². The van der Waals surface area contributed by atoms with E-state index in [9.17, 15) is 5.11 Å². The molecular weight excluding hydrogens is 306 g/mol. The number of hydrogen-bond acceptors (Lipinski definition) is 3. The zero-order valence-corrected chi connectivity index (χ0v) is 14.0. The Hall–Kier alpha value is -0.580. The van der Waals surface area contributed by atoms with Gasteiger partial charge in [0.15, 0.2) is 0 Å². The lowest BCUT2D eigenvalue weighted by Gasteiger charge is -2.27. The smallest absolute Gasteiger partial charge is 0.127 e. The summed E-state index contributed by atoms with van der Waals surface area (Å²) < 4.78 is 6.64. The van der Waals surface area contributed by atoms with Crippen LogP contribution in [0, 0.1) is 26.7 Å². The molecule has 0 amide bonds. The van der Waals surface area contributed by atoms with Crippen LogP contribution in [0.25, 0.3) is 0 Å². The molecule has 2 unspecified atom stereocenters. The molecule has 19 heavy (non-hydrogen) atoms. The van der Waals surface area contributed by atoms with Gasteiger partial charge in [-0.2, -0.15) is 0 Å². The molecule has 0 heterocycles. The van der Waals surface area contributed by atoms with Crippen molar-refractivity contribution < 1.29 is 9.84 Å². The lowest BCUT2D eigenvalue weighted by Crippen LogP contribution is -2.25. The fraction of sp³-hybridized carbons (Fsp3) is 0.600. The molecule has 1 aromatic carbocycles. The van der Waals surface area contributed by atoms with Gasteiger partial charge in [-0.3, -0.25) is 0 Å². The Balaban J connectivity index is 3.49. The highest BCUT2D eigenvalue weighted by Crippen LogP contribution is 2.40. The van der Waals surface area contributed by atoms with Crippen molar-refractivity contribution >= 4 is 15.9 Å². The second-order valence-electron chi connectivity index (χ2n) is 5.01. The van der Waals surface area contributed by atoms with Crippen molar-refractivity contribution in [1.82, 2.24) is 0 Å². The molecule has 108 valence electrons. The summed E-state index contributed by atoms with van der Waals surface area (Å²) in [6, 6.07) is -0.222. The average molecular weight is 330 g/mol. The van der Waals surface area contributed by atoms with E-state index in [0.29, 0.717) is 0 Å². The van der Waals surface area contributed by atoms with Crippen LogP contribution in [0.15, 0.2) is 4.47 Å². The fourth-order valence-electron chi connectivity index (χ4n) is 2.50. The van der Waals surface area contributed by atoms with Gasteiger partial charge in [-0.15, -0.1) is 0 Å². The summed E-state index contributed by atoms with van der Waals surface area (Å²) in [4.78, 5) is 0. The molecule has 0 aliphatic carbocycles. The first kappa shape index (κ1) is 16.5. The summed E-state index contributed by atoms with van der Waals surface area (Å²) in [6.45, 7) is 8.27. The molecule has 0 bridgehead atoms. The number of aliphatic hydroxyl groups excluding tert-OH is 1. The summed E-state index contributed by atoms with van der Waals surface area (Å²) in [5, 5.41) is 9.47. The Morgan fingerprint density at radius 1 is 1.21 bits per heavy atom. The van der Waals surface area contributed by atoms with Crippen molar-refractivity contribution in [2.24, 2.45) is 11.7 Å². The Kier molecular flexibility index (Phi) is 5.83. The van der Waals surface area contributed by atoms with E-state index in [1.54, 1.807) is 7.11 Å². The molecule has 0 fully saturated rings. The molecule has 0 radical (unpaired) electrons. The van der Waals surface area contributed by atoms with E-state index >= 15 is 0 Å². The molecule has 1 rings (SSSR count). The van der Waals surface area contributed by atoms with Gasteiger partial charge in [0.25, 0.3) is 0 Å². The van der Waals surface area contributed by atoms with Crippen LogP contribution in [0.5, 0.6) is 5.75 Å². The fourth-order valence-corrected chi connectivity index (χ4v) is 3.01. The third-order valence-corrected chi connectivity index (χ3v) is 5.20. The van der Waals surface area contributed by atoms with E-state index in [0.717, 1.165) is 33.3 Å². The first-order valence-corrected chi connectivity index (χ1v) is 7.39. The van der Waals surface area contributed by atoms with Gasteiger partial charge >= 0.3 is 0 Å².